The molecule has 0 saturated carbocycles. The Morgan fingerprint density at radius 3 is 0.982 bits per heavy atom. The molecule has 0 aliphatic heterocycles. The molecule has 0 amide bonds. The zero-order valence-corrected chi connectivity index (χ0v) is 36.2. The molecule has 3 atom stereocenters. The van der Waals surface area contributed by atoms with Gasteiger partial charge in [0.25, 0.3) is 5.41 Å². The number of unbranched alkanes of at least 4 members (excludes halogenated alkanes) is 3. The van der Waals surface area contributed by atoms with Gasteiger partial charge in [-0.05, 0) is 53.7 Å². The number of hydrogen-bond acceptors (Lipinski definition) is 9. The quantitative estimate of drug-likeness (QED) is 0.0525. The molecule has 10 heteroatoms. The third-order valence-electron chi connectivity index (χ3n) is 11.1. The standard InChI is InChI=1S/C46H69N6O3Si/c1-7-13-19-34(10-4)28-37-22-16-25-40(43(37)53)31-47-50-46(56,51-48-32-41-26-17-23-38(44(41)54)29-35(11-5)20-14-8-2)52-49-33-42-27-18-24-39(45(42)55)30-36(12-6)21-15-9-3/h16-18,22-27,34-36,53-55H,7-15,19-21,28-33H2,1-6H3. The van der Waals surface area contributed by atoms with Crippen LogP contribution in [-0.4, -0.2) is 31.0 Å². The van der Waals surface area contributed by atoms with Gasteiger partial charge in [0.1, 0.15) is 27.5 Å². The SMILES string of the molecule is CCCCC(CC)Cc1cccc(CN=NC([Si])(N=NCc2cccc(CC(CC)CCCC)c2O)N=NCc2cccc(CC(CC)CCCC)c2O)c1O. The number of nitrogens with zero attached hydrogens (tertiary/aromatic N) is 6. The lowest BCUT2D eigenvalue weighted by molar-refractivity contribution is 0.422. The van der Waals surface area contributed by atoms with E-state index in [0.717, 1.165) is 93.7 Å². The number of benzene rings is 3. The van der Waals surface area contributed by atoms with E-state index >= 15 is 0 Å². The minimum Gasteiger partial charge on any atom is -0.507 e. The molecule has 3 aromatic carbocycles. The van der Waals surface area contributed by atoms with Gasteiger partial charge < -0.3 is 15.3 Å². The number of phenols is 3. The Labute approximate surface area is 341 Å². The molecule has 0 heterocycles. The molecule has 3 N–H and O–H groups in total. The normalized spacial score (nSPS) is 14.8. The number of aromatic hydroxyl groups is 3. The zero-order valence-electron chi connectivity index (χ0n) is 35.2. The second-order valence-electron chi connectivity index (χ2n) is 15.5. The van der Waals surface area contributed by atoms with Crippen molar-refractivity contribution in [1.82, 2.24) is 0 Å². The first-order chi connectivity index (χ1) is 27.1. The maximum absolute atomic E-state index is 11.2. The highest BCUT2D eigenvalue weighted by Gasteiger charge is 2.23. The van der Waals surface area contributed by atoms with Crippen LogP contribution in [0.15, 0.2) is 85.3 Å². The van der Waals surface area contributed by atoms with Crippen molar-refractivity contribution in [2.75, 3.05) is 0 Å². The summed E-state index contributed by atoms with van der Waals surface area (Å²) in [6.45, 7) is 13.6. The summed E-state index contributed by atoms with van der Waals surface area (Å²) in [5.41, 5.74) is 3.05. The smallest absolute Gasteiger partial charge is 0.270 e. The second kappa shape index (κ2) is 25.4. The molecule has 0 aliphatic carbocycles. The molecule has 3 aromatic rings. The van der Waals surface area contributed by atoms with Gasteiger partial charge in [-0.1, -0.05) is 173 Å². The summed E-state index contributed by atoms with van der Waals surface area (Å²) in [4.78, 5) is 0. The fraction of sp³-hybridized carbons (Fsp3) is 0.609. The van der Waals surface area contributed by atoms with Gasteiger partial charge >= 0.3 is 0 Å². The third kappa shape index (κ3) is 15.2. The Bertz CT molecular complexity index is 1490. The van der Waals surface area contributed by atoms with E-state index in [1.54, 1.807) is 0 Å². The van der Waals surface area contributed by atoms with E-state index in [9.17, 15) is 15.3 Å². The summed E-state index contributed by atoms with van der Waals surface area (Å²) >= 11 is 0. The monoisotopic (exact) mass is 782 g/mol. The molecule has 0 fully saturated rings. The van der Waals surface area contributed by atoms with Crippen molar-refractivity contribution < 1.29 is 15.3 Å². The number of para-hydroxylation sites is 3. The molecular weight excluding hydrogens is 713 g/mol. The highest BCUT2D eigenvalue weighted by atomic mass is 28.1. The van der Waals surface area contributed by atoms with Gasteiger partial charge in [0.2, 0.25) is 0 Å². The number of rotatable bonds is 27. The minimum atomic E-state index is -1.69. The van der Waals surface area contributed by atoms with Crippen LogP contribution in [0.5, 0.6) is 17.2 Å². The van der Waals surface area contributed by atoms with E-state index in [1.165, 1.54) is 19.3 Å². The lowest BCUT2D eigenvalue weighted by Crippen LogP contribution is -2.19. The molecule has 0 aromatic heterocycles. The van der Waals surface area contributed by atoms with Crippen LogP contribution in [0.25, 0.3) is 0 Å². The Hall–Kier alpha value is -3.92. The van der Waals surface area contributed by atoms with E-state index in [-0.39, 0.29) is 36.9 Å². The van der Waals surface area contributed by atoms with Crippen molar-refractivity contribution in [2.45, 2.75) is 163 Å². The van der Waals surface area contributed by atoms with Crippen LogP contribution in [-0.2, 0) is 38.9 Å². The van der Waals surface area contributed by atoms with Gasteiger partial charge in [0, 0.05) is 16.7 Å². The summed E-state index contributed by atoms with van der Waals surface area (Å²) in [5, 5.41) is 60.1. The van der Waals surface area contributed by atoms with Crippen molar-refractivity contribution in [3.8, 4) is 17.2 Å². The molecule has 9 nitrogen and oxygen atoms in total. The van der Waals surface area contributed by atoms with Crippen LogP contribution in [0.4, 0.5) is 0 Å². The predicted octanol–water partition coefficient (Wildman–Crippen LogP) is 13.1. The highest BCUT2D eigenvalue weighted by molar-refractivity contribution is 6.14. The molecule has 3 rings (SSSR count). The Morgan fingerprint density at radius 2 is 0.732 bits per heavy atom. The predicted molar refractivity (Wildman–Crippen MR) is 230 cm³/mol. The molecule has 56 heavy (non-hydrogen) atoms. The molecule has 0 saturated heterocycles. The van der Waals surface area contributed by atoms with Crippen LogP contribution in [0.3, 0.4) is 0 Å². The molecule has 0 bridgehead atoms. The van der Waals surface area contributed by atoms with Crippen LogP contribution in [0, 0.1) is 17.8 Å². The van der Waals surface area contributed by atoms with Crippen molar-refractivity contribution in [1.29, 1.82) is 0 Å². The Balaban J connectivity index is 1.87. The Kier molecular flexibility index (Phi) is 21.0. The van der Waals surface area contributed by atoms with Crippen LogP contribution < -0.4 is 0 Å². The average Bonchev–Trinajstić information content (AvgIpc) is 3.20. The van der Waals surface area contributed by atoms with Gasteiger partial charge in [0.15, 0.2) is 0 Å². The zero-order chi connectivity index (χ0) is 40.8. The van der Waals surface area contributed by atoms with Crippen LogP contribution >= 0.6 is 0 Å². The van der Waals surface area contributed by atoms with Gasteiger partial charge in [0.05, 0.1) is 19.6 Å². The summed E-state index contributed by atoms with van der Waals surface area (Å²) in [5.74, 6) is 2.27. The first-order valence-corrected chi connectivity index (χ1v) is 21.9. The summed E-state index contributed by atoms with van der Waals surface area (Å²) < 4.78 is 0. The summed E-state index contributed by atoms with van der Waals surface area (Å²) in [7, 11) is 3.60. The molecular formula is C46H69N6O3Si. The van der Waals surface area contributed by atoms with Gasteiger partial charge in [-0.2, -0.15) is 15.3 Å². The first-order valence-electron chi connectivity index (χ1n) is 21.4. The number of hydrogen-bond donors (Lipinski definition) is 3. The maximum atomic E-state index is 11.2. The van der Waals surface area contributed by atoms with Gasteiger partial charge in [-0.25, -0.2) is 0 Å². The van der Waals surface area contributed by atoms with E-state index in [2.05, 4.69) is 82.5 Å². The molecule has 305 valence electrons. The topological polar surface area (TPSA) is 135 Å². The number of phenolic OH excluding ortho intramolecular Hbond substituents is 3. The molecule has 0 spiro atoms. The lowest BCUT2D eigenvalue weighted by Gasteiger charge is -2.17. The summed E-state index contributed by atoms with van der Waals surface area (Å²) in [6, 6.07) is 17.4. The van der Waals surface area contributed by atoms with Crippen molar-refractivity contribution >= 4 is 10.2 Å². The van der Waals surface area contributed by atoms with Gasteiger partial charge in [-0.3, -0.25) is 0 Å². The maximum Gasteiger partial charge on any atom is 0.270 e. The van der Waals surface area contributed by atoms with E-state index in [1.807, 2.05) is 54.6 Å². The third-order valence-corrected chi connectivity index (χ3v) is 11.4. The van der Waals surface area contributed by atoms with Crippen molar-refractivity contribution in [2.24, 2.45) is 48.4 Å². The van der Waals surface area contributed by atoms with Crippen molar-refractivity contribution in [3.63, 3.8) is 0 Å². The minimum absolute atomic E-state index is 0.113. The van der Waals surface area contributed by atoms with E-state index in [4.69, 9.17) is 0 Å². The fourth-order valence-electron chi connectivity index (χ4n) is 7.26. The lowest BCUT2D eigenvalue weighted by atomic mass is 9.91. The van der Waals surface area contributed by atoms with Crippen LogP contribution in [0.2, 0.25) is 0 Å². The van der Waals surface area contributed by atoms with E-state index in [0.29, 0.717) is 34.4 Å². The molecule has 3 unspecified atom stereocenters. The van der Waals surface area contributed by atoms with E-state index < -0.39 is 5.41 Å². The van der Waals surface area contributed by atoms with Gasteiger partial charge in [-0.15, -0.1) is 15.3 Å². The van der Waals surface area contributed by atoms with Crippen molar-refractivity contribution in [3.05, 3.63) is 88.0 Å². The first kappa shape index (κ1) is 46.5. The van der Waals surface area contributed by atoms with Crippen LogP contribution in [0.1, 0.15) is 152 Å². The highest BCUT2D eigenvalue weighted by Crippen LogP contribution is 2.32. The fourth-order valence-corrected chi connectivity index (χ4v) is 7.48. The molecule has 3 radical (unpaired) electrons. The Morgan fingerprint density at radius 1 is 0.464 bits per heavy atom. The molecule has 0 aliphatic rings. The number of azo groups is 3. The summed E-state index contributed by atoms with van der Waals surface area (Å²) in [6.07, 6.45) is 16.0. The average molecular weight is 782 g/mol. The largest absolute Gasteiger partial charge is 0.507 e. The second-order valence-corrected chi connectivity index (χ2v) is 16.1.